The number of hydrogen-bond acceptors (Lipinski definition) is 3. The molecule has 0 saturated carbocycles. The van der Waals surface area contributed by atoms with E-state index in [4.69, 9.17) is 5.11 Å². The Morgan fingerprint density at radius 1 is 1.17 bits per heavy atom. The summed E-state index contributed by atoms with van der Waals surface area (Å²) in [5, 5.41) is 8.98. The number of aliphatic hydroxyl groups is 1. The Kier molecular flexibility index (Phi) is 3.95. The van der Waals surface area contributed by atoms with E-state index in [-0.39, 0.29) is 6.61 Å². The van der Waals surface area contributed by atoms with Gasteiger partial charge in [-0.15, -0.1) is 0 Å². The Morgan fingerprint density at radius 2 is 2.00 bits per heavy atom. The standard InChI is InChI=1S/C15H18N2O/c1-12-4-3-5-13(8-12)10-17(2)15-7-6-14(11-18)9-16-15/h3-9,18H,10-11H2,1-2H3. The van der Waals surface area contributed by atoms with Crippen LogP contribution in [0.25, 0.3) is 0 Å². The Balaban J connectivity index is 2.09. The Morgan fingerprint density at radius 3 is 2.61 bits per heavy atom. The zero-order chi connectivity index (χ0) is 13.0. The molecule has 1 aromatic heterocycles. The fourth-order valence-electron chi connectivity index (χ4n) is 1.90. The fraction of sp³-hybridized carbons (Fsp3) is 0.267. The van der Waals surface area contributed by atoms with Crippen molar-refractivity contribution >= 4 is 5.82 Å². The summed E-state index contributed by atoms with van der Waals surface area (Å²) in [5.41, 5.74) is 3.37. The van der Waals surface area contributed by atoms with Crippen molar-refractivity contribution in [1.82, 2.24) is 4.98 Å². The molecule has 0 aliphatic rings. The summed E-state index contributed by atoms with van der Waals surface area (Å²) in [6, 6.07) is 12.3. The van der Waals surface area contributed by atoms with E-state index >= 15 is 0 Å². The van der Waals surface area contributed by atoms with Gasteiger partial charge in [-0.05, 0) is 24.1 Å². The van der Waals surface area contributed by atoms with Crippen molar-refractivity contribution in [2.24, 2.45) is 0 Å². The minimum Gasteiger partial charge on any atom is -0.392 e. The number of aryl methyl sites for hydroxylation is 1. The lowest BCUT2D eigenvalue weighted by Crippen LogP contribution is -2.17. The average Bonchev–Trinajstić information content (AvgIpc) is 2.39. The topological polar surface area (TPSA) is 36.4 Å². The fourth-order valence-corrected chi connectivity index (χ4v) is 1.90. The third kappa shape index (κ3) is 3.08. The van der Waals surface area contributed by atoms with E-state index in [0.717, 1.165) is 17.9 Å². The van der Waals surface area contributed by atoms with Gasteiger partial charge in [0, 0.05) is 19.8 Å². The van der Waals surface area contributed by atoms with Gasteiger partial charge in [0.15, 0.2) is 0 Å². The molecule has 0 radical (unpaired) electrons. The van der Waals surface area contributed by atoms with Crippen LogP contribution < -0.4 is 4.90 Å². The van der Waals surface area contributed by atoms with E-state index in [0.29, 0.717) is 0 Å². The number of hydrogen-bond donors (Lipinski definition) is 1. The summed E-state index contributed by atoms with van der Waals surface area (Å²) in [6.07, 6.45) is 1.71. The van der Waals surface area contributed by atoms with Crippen LogP contribution in [-0.4, -0.2) is 17.1 Å². The molecule has 0 fully saturated rings. The molecular weight excluding hydrogens is 224 g/mol. The highest BCUT2D eigenvalue weighted by Crippen LogP contribution is 2.14. The molecule has 0 spiro atoms. The first-order valence-corrected chi connectivity index (χ1v) is 6.01. The quantitative estimate of drug-likeness (QED) is 0.895. The molecule has 94 valence electrons. The Bertz CT molecular complexity index is 508. The highest BCUT2D eigenvalue weighted by Gasteiger charge is 2.03. The van der Waals surface area contributed by atoms with Gasteiger partial charge in [0.2, 0.25) is 0 Å². The van der Waals surface area contributed by atoms with Crippen LogP contribution in [0.5, 0.6) is 0 Å². The van der Waals surface area contributed by atoms with Crippen LogP contribution in [0.1, 0.15) is 16.7 Å². The third-order valence-corrected chi connectivity index (χ3v) is 2.89. The van der Waals surface area contributed by atoms with Crippen LogP contribution in [-0.2, 0) is 13.2 Å². The number of nitrogens with zero attached hydrogens (tertiary/aromatic N) is 2. The van der Waals surface area contributed by atoms with Crippen LogP contribution in [0.2, 0.25) is 0 Å². The first kappa shape index (κ1) is 12.6. The van der Waals surface area contributed by atoms with Crippen molar-refractivity contribution in [3.05, 3.63) is 59.3 Å². The summed E-state index contributed by atoms with van der Waals surface area (Å²) in [6.45, 7) is 2.96. The lowest BCUT2D eigenvalue weighted by atomic mass is 10.1. The molecule has 0 unspecified atom stereocenters. The molecule has 2 rings (SSSR count). The molecular formula is C15H18N2O. The van der Waals surface area contributed by atoms with Gasteiger partial charge in [-0.25, -0.2) is 4.98 Å². The normalized spacial score (nSPS) is 10.4. The number of pyridine rings is 1. The molecule has 0 aliphatic carbocycles. The van der Waals surface area contributed by atoms with E-state index in [1.807, 2.05) is 19.2 Å². The van der Waals surface area contributed by atoms with Gasteiger partial charge in [-0.2, -0.15) is 0 Å². The second-order valence-electron chi connectivity index (χ2n) is 4.53. The van der Waals surface area contributed by atoms with Gasteiger partial charge in [-0.3, -0.25) is 0 Å². The average molecular weight is 242 g/mol. The van der Waals surface area contributed by atoms with Gasteiger partial charge in [0.25, 0.3) is 0 Å². The van der Waals surface area contributed by atoms with Crippen molar-refractivity contribution in [3.8, 4) is 0 Å². The number of aliphatic hydroxyl groups excluding tert-OH is 1. The van der Waals surface area contributed by atoms with Gasteiger partial charge in [0.1, 0.15) is 5.82 Å². The van der Waals surface area contributed by atoms with Crippen LogP contribution in [0, 0.1) is 6.92 Å². The summed E-state index contributed by atoms with van der Waals surface area (Å²) < 4.78 is 0. The van der Waals surface area contributed by atoms with E-state index < -0.39 is 0 Å². The predicted octanol–water partition coefficient (Wildman–Crippen LogP) is 2.52. The second-order valence-corrected chi connectivity index (χ2v) is 4.53. The van der Waals surface area contributed by atoms with E-state index in [1.54, 1.807) is 6.20 Å². The second kappa shape index (κ2) is 5.65. The molecule has 18 heavy (non-hydrogen) atoms. The van der Waals surface area contributed by atoms with Gasteiger partial charge in [0.05, 0.1) is 6.61 Å². The first-order chi connectivity index (χ1) is 8.69. The maximum Gasteiger partial charge on any atom is 0.128 e. The van der Waals surface area contributed by atoms with Gasteiger partial charge in [-0.1, -0.05) is 35.9 Å². The maximum absolute atomic E-state index is 8.98. The van der Waals surface area contributed by atoms with E-state index in [9.17, 15) is 0 Å². The summed E-state index contributed by atoms with van der Waals surface area (Å²) in [4.78, 5) is 6.43. The molecule has 0 aliphatic heterocycles. The molecule has 2 aromatic rings. The molecule has 1 heterocycles. The van der Waals surface area contributed by atoms with Crippen LogP contribution in [0.15, 0.2) is 42.6 Å². The summed E-state index contributed by atoms with van der Waals surface area (Å²) in [5.74, 6) is 0.911. The monoisotopic (exact) mass is 242 g/mol. The van der Waals surface area contributed by atoms with E-state index in [1.165, 1.54) is 11.1 Å². The predicted molar refractivity (Wildman–Crippen MR) is 73.4 cm³/mol. The number of rotatable bonds is 4. The SMILES string of the molecule is Cc1cccc(CN(C)c2ccc(CO)cn2)c1. The first-order valence-electron chi connectivity index (χ1n) is 6.01. The largest absolute Gasteiger partial charge is 0.392 e. The maximum atomic E-state index is 8.98. The molecule has 0 saturated heterocycles. The zero-order valence-electron chi connectivity index (χ0n) is 10.8. The summed E-state index contributed by atoms with van der Waals surface area (Å²) >= 11 is 0. The Hall–Kier alpha value is -1.87. The third-order valence-electron chi connectivity index (χ3n) is 2.89. The molecule has 3 nitrogen and oxygen atoms in total. The number of benzene rings is 1. The van der Waals surface area contributed by atoms with Crippen LogP contribution in [0.3, 0.4) is 0 Å². The van der Waals surface area contributed by atoms with Gasteiger partial charge >= 0.3 is 0 Å². The van der Waals surface area contributed by atoms with Crippen molar-refractivity contribution in [1.29, 1.82) is 0 Å². The van der Waals surface area contributed by atoms with Crippen LogP contribution >= 0.6 is 0 Å². The minimum atomic E-state index is 0.0366. The van der Waals surface area contributed by atoms with Crippen molar-refractivity contribution in [2.75, 3.05) is 11.9 Å². The molecule has 3 heteroatoms. The van der Waals surface area contributed by atoms with Crippen LogP contribution in [0.4, 0.5) is 5.82 Å². The highest BCUT2D eigenvalue weighted by molar-refractivity contribution is 5.39. The molecule has 0 amide bonds. The van der Waals surface area contributed by atoms with Crippen molar-refractivity contribution in [2.45, 2.75) is 20.1 Å². The molecule has 0 atom stereocenters. The molecule has 1 N–H and O–H groups in total. The van der Waals surface area contributed by atoms with Crippen molar-refractivity contribution < 1.29 is 5.11 Å². The lowest BCUT2D eigenvalue weighted by molar-refractivity contribution is 0.281. The Labute approximate surface area is 108 Å². The van der Waals surface area contributed by atoms with E-state index in [2.05, 4.69) is 41.1 Å². The van der Waals surface area contributed by atoms with Crippen molar-refractivity contribution in [3.63, 3.8) is 0 Å². The summed E-state index contributed by atoms with van der Waals surface area (Å²) in [7, 11) is 2.02. The van der Waals surface area contributed by atoms with Gasteiger partial charge < -0.3 is 10.0 Å². The zero-order valence-corrected chi connectivity index (χ0v) is 10.8. The molecule has 0 bridgehead atoms. The highest BCUT2D eigenvalue weighted by atomic mass is 16.3. The smallest absolute Gasteiger partial charge is 0.128 e. The number of anilines is 1. The minimum absolute atomic E-state index is 0.0366. The molecule has 1 aromatic carbocycles. The lowest BCUT2D eigenvalue weighted by Gasteiger charge is -2.18. The number of aromatic nitrogens is 1.